The number of amides is 1. The number of carboxylic acid groups (broad SMARTS) is 1. The molecule has 0 aliphatic heterocycles. The Morgan fingerprint density at radius 2 is 1.76 bits per heavy atom. The van der Waals surface area contributed by atoms with Crippen molar-refractivity contribution in [2.45, 2.75) is 13.1 Å². The molecule has 0 aliphatic rings. The Labute approximate surface area is 189 Å². The van der Waals surface area contributed by atoms with Crippen LogP contribution in [-0.4, -0.2) is 33.6 Å². The third-order valence-corrected chi connectivity index (χ3v) is 5.26. The van der Waals surface area contributed by atoms with Crippen LogP contribution in [0, 0.1) is 0 Å². The van der Waals surface area contributed by atoms with Crippen molar-refractivity contribution in [1.82, 2.24) is 14.9 Å². The van der Waals surface area contributed by atoms with Gasteiger partial charge < -0.3 is 19.7 Å². The summed E-state index contributed by atoms with van der Waals surface area (Å²) < 4.78 is 6.62. The van der Waals surface area contributed by atoms with Gasteiger partial charge in [0.25, 0.3) is 11.5 Å². The first-order chi connectivity index (χ1) is 15.9. The van der Waals surface area contributed by atoms with Gasteiger partial charge in [-0.1, -0.05) is 18.2 Å². The van der Waals surface area contributed by atoms with Gasteiger partial charge in [-0.05, 0) is 52.9 Å². The van der Waals surface area contributed by atoms with Crippen LogP contribution in [0.1, 0.15) is 31.8 Å². The Balaban J connectivity index is 1.54. The van der Waals surface area contributed by atoms with Crippen molar-refractivity contribution < 1.29 is 19.4 Å². The van der Waals surface area contributed by atoms with Gasteiger partial charge in [-0.25, -0.2) is 9.78 Å². The number of aromatic nitrogens is 2. The molecule has 0 aliphatic carbocycles. The van der Waals surface area contributed by atoms with Gasteiger partial charge in [-0.15, -0.1) is 0 Å². The summed E-state index contributed by atoms with van der Waals surface area (Å²) in [6.07, 6.45) is 3.29. The van der Waals surface area contributed by atoms with Crippen LogP contribution in [0.2, 0.25) is 0 Å². The molecule has 8 nitrogen and oxygen atoms in total. The molecular weight excluding hydrogens is 422 g/mol. The topological polar surface area (TPSA) is 111 Å². The fraction of sp³-hybridized carbons (Fsp3) is 0.120. The SMILES string of the molecule is COc1cc(CNC(=O)c2ccc3ccn(Cc4ccc(C(=O)O)cc4)c(=O)c3c2)ccn1. The molecular formula is C25H21N3O5. The maximum absolute atomic E-state index is 13.0. The van der Waals surface area contributed by atoms with E-state index in [1.807, 2.05) is 6.07 Å². The lowest BCUT2D eigenvalue weighted by Gasteiger charge is -2.10. The predicted molar refractivity (Wildman–Crippen MR) is 123 cm³/mol. The van der Waals surface area contributed by atoms with Crippen molar-refractivity contribution in [2.24, 2.45) is 0 Å². The molecule has 4 rings (SSSR count). The third kappa shape index (κ3) is 4.90. The van der Waals surface area contributed by atoms with Crippen LogP contribution >= 0.6 is 0 Å². The summed E-state index contributed by atoms with van der Waals surface area (Å²) in [5.74, 6) is -0.837. The number of carboxylic acids is 1. The molecule has 0 saturated carbocycles. The molecule has 2 heterocycles. The van der Waals surface area contributed by atoms with Crippen molar-refractivity contribution in [3.63, 3.8) is 0 Å². The quantitative estimate of drug-likeness (QED) is 0.454. The van der Waals surface area contributed by atoms with Crippen LogP contribution in [0.4, 0.5) is 0 Å². The molecule has 2 N–H and O–H groups in total. The van der Waals surface area contributed by atoms with Gasteiger partial charge in [0.2, 0.25) is 5.88 Å². The summed E-state index contributed by atoms with van der Waals surface area (Å²) in [5.41, 5.74) is 1.97. The van der Waals surface area contributed by atoms with Crippen molar-refractivity contribution in [1.29, 1.82) is 0 Å². The molecule has 0 spiro atoms. The molecule has 0 unspecified atom stereocenters. The molecule has 166 valence electrons. The second-order valence-electron chi connectivity index (χ2n) is 7.44. The highest BCUT2D eigenvalue weighted by atomic mass is 16.5. The van der Waals surface area contributed by atoms with Crippen LogP contribution in [0.3, 0.4) is 0 Å². The van der Waals surface area contributed by atoms with E-state index in [0.717, 1.165) is 16.5 Å². The number of aromatic carboxylic acids is 1. The molecule has 4 aromatic rings. The highest BCUT2D eigenvalue weighted by Crippen LogP contribution is 2.14. The Kier molecular flexibility index (Phi) is 6.17. The molecule has 1 amide bonds. The number of methoxy groups -OCH3 is 1. The predicted octanol–water partition coefficient (Wildman–Crippen LogP) is 3.08. The minimum absolute atomic E-state index is 0.186. The smallest absolute Gasteiger partial charge is 0.335 e. The number of carbonyl (C=O) groups is 2. The number of hydrogen-bond donors (Lipinski definition) is 2. The average Bonchev–Trinajstić information content (AvgIpc) is 2.84. The standard InChI is InChI=1S/C25H21N3O5/c1-33-22-12-17(8-10-26-22)14-27-23(29)20-7-6-18-9-11-28(24(30)21(18)13-20)15-16-2-4-19(5-3-16)25(31)32/h2-13H,14-15H2,1H3,(H,27,29)(H,31,32). The van der Waals surface area contributed by atoms with Crippen molar-refractivity contribution in [2.75, 3.05) is 7.11 Å². The summed E-state index contributed by atoms with van der Waals surface area (Å²) in [5, 5.41) is 13.0. The monoisotopic (exact) mass is 443 g/mol. The van der Waals surface area contributed by atoms with E-state index in [-0.39, 0.29) is 23.6 Å². The van der Waals surface area contributed by atoms with Crippen molar-refractivity contribution in [3.8, 4) is 5.88 Å². The summed E-state index contributed by atoms with van der Waals surface area (Å²) in [6, 6.07) is 16.7. The molecule has 2 aromatic heterocycles. The number of rotatable bonds is 7. The fourth-order valence-corrected chi connectivity index (χ4v) is 3.45. The van der Waals surface area contributed by atoms with Crippen LogP contribution in [0.15, 0.2) is 77.9 Å². The zero-order chi connectivity index (χ0) is 23.4. The minimum atomic E-state index is -1.00. The zero-order valence-electron chi connectivity index (χ0n) is 17.8. The average molecular weight is 443 g/mol. The van der Waals surface area contributed by atoms with E-state index >= 15 is 0 Å². The van der Waals surface area contributed by atoms with E-state index in [9.17, 15) is 14.4 Å². The normalized spacial score (nSPS) is 10.7. The summed E-state index contributed by atoms with van der Waals surface area (Å²) >= 11 is 0. The van der Waals surface area contributed by atoms with Crippen LogP contribution in [0.25, 0.3) is 10.8 Å². The number of benzene rings is 2. The highest BCUT2D eigenvalue weighted by molar-refractivity contribution is 5.98. The van der Waals surface area contributed by atoms with E-state index in [1.54, 1.807) is 54.9 Å². The van der Waals surface area contributed by atoms with Gasteiger partial charge in [-0.3, -0.25) is 9.59 Å². The van der Waals surface area contributed by atoms with Gasteiger partial charge in [0.15, 0.2) is 0 Å². The number of ether oxygens (including phenoxy) is 1. The number of carbonyl (C=O) groups excluding carboxylic acids is 1. The van der Waals surface area contributed by atoms with E-state index in [4.69, 9.17) is 9.84 Å². The fourth-order valence-electron chi connectivity index (χ4n) is 3.45. The first-order valence-corrected chi connectivity index (χ1v) is 10.2. The lowest BCUT2D eigenvalue weighted by molar-refractivity contribution is 0.0696. The molecule has 0 bridgehead atoms. The first-order valence-electron chi connectivity index (χ1n) is 10.2. The molecule has 8 heteroatoms. The van der Waals surface area contributed by atoms with E-state index in [0.29, 0.717) is 23.4 Å². The zero-order valence-corrected chi connectivity index (χ0v) is 17.8. The van der Waals surface area contributed by atoms with Gasteiger partial charge in [-0.2, -0.15) is 0 Å². The molecule has 33 heavy (non-hydrogen) atoms. The molecule has 0 saturated heterocycles. The maximum atomic E-state index is 13.0. The summed E-state index contributed by atoms with van der Waals surface area (Å²) in [6.45, 7) is 0.579. The first kappa shape index (κ1) is 21.8. The number of hydrogen-bond acceptors (Lipinski definition) is 5. The van der Waals surface area contributed by atoms with Gasteiger partial charge in [0.05, 0.1) is 19.2 Å². The number of pyridine rings is 2. The maximum Gasteiger partial charge on any atom is 0.335 e. The molecule has 2 aromatic carbocycles. The lowest BCUT2D eigenvalue weighted by Crippen LogP contribution is -2.24. The highest BCUT2D eigenvalue weighted by Gasteiger charge is 2.10. The molecule has 0 fully saturated rings. The van der Waals surface area contributed by atoms with Crippen LogP contribution in [-0.2, 0) is 13.1 Å². The Morgan fingerprint density at radius 3 is 2.48 bits per heavy atom. The van der Waals surface area contributed by atoms with E-state index < -0.39 is 5.97 Å². The van der Waals surface area contributed by atoms with Crippen LogP contribution < -0.4 is 15.6 Å². The second-order valence-corrected chi connectivity index (χ2v) is 7.44. The molecule has 0 atom stereocenters. The second kappa shape index (κ2) is 9.35. The van der Waals surface area contributed by atoms with Gasteiger partial charge in [0.1, 0.15) is 0 Å². The van der Waals surface area contributed by atoms with Gasteiger partial charge in [0, 0.05) is 36.0 Å². The Hall–Kier alpha value is -4.46. The lowest BCUT2D eigenvalue weighted by atomic mass is 10.1. The third-order valence-electron chi connectivity index (χ3n) is 5.26. The minimum Gasteiger partial charge on any atom is -0.481 e. The number of nitrogens with zero attached hydrogens (tertiary/aromatic N) is 2. The van der Waals surface area contributed by atoms with Crippen molar-refractivity contribution >= 4 is 22.6 Å². The van der Waals surface area contributed by atoms with E-state index in [1.165, 1.54) is 23.8 Å². The summed E-state index contributed by atoms with van der Waals surface area (Å²) in [4.78, 5) is 40.8. The largest absolute Gasteiger partial charge is 0.481 e. The summed E-state index contributed by atoms with van der Waals surface area (Å²) in [7, 11) is 1.53. The number of fused-ring (bicyclic) bond motifs is 1. The Morgan fingerprint density at radius 1 is 1.00 bits per heavy atom. The number of nitrogens with one attached hydrogen (secondary N) is 1. The van der Waals surface area contributed by atoms with Crippen LogP contribution in [0.5, 0.6) is 5.88 Å². The van der Waals surface area contributed by atoms with E-state index in [2.05, 4.69) is 10.3 Å². The Bertz CT molecular complexity index is 1390. The molecule has 0 radical (unpaired) electrons. The van der Waals surface area contributed by atoms with Gasteiger partial charge >= 0.3 is 5.97 Å². The van der Waals surface area contributed by atoms with Crippen molar-refractivity contribution in [3.05, 3.63) is 106 Å².